The lowest BCUT2D eigenvalue weighted by atomic mass is 10.3. The van der Waals surface area contributed by atoms with Crippen LogP contribution in [0.15, 0.2) is 4.99 Å². The minimum atomic E-state index is 0. The lowest BCUT2D eigenvalue weighted by Crippen LogP contribution is -2.39. The number of hydrogen-bond donors (Lipinski definition) is 2. The van der Waals surface area contributed by atoms with Crippen molar-refractivity contribution in [1.82, 2.24) is 10.6 Å². The maximum absolute atomic E-state index is 5.73. The Hall–Kier alpha value is -0.120. The molecule has 1 fully saturated rings. The average Bonchev–Trinajstić information content (AvgIpc) is 3.03. The van der Waals surface area contributed by atoms with Crippen molar-refractivity contribution in [2.24, 2.45) is 4.99 Å². The Morgan fingerprint density at radius 1 is 1.17 bits per heavy atom. The van der Waals surface area contributed by atoms with Crippen LogP contribution in [0.3, 0.4) is 0 Å². The van der Waals surface area contributed by atoms with E-state index in [4.69, 9.17) is 14.2 Å². The summed E-state index contributed by atoms with van der Waals surface area (Å²) in [7, 11) is 0. The number of guanidine groups is 1. The molecule has 0 aromatic carbocycles. The van der Waals surface area contributed by atoms with E-state index in [2.05, 4.69) is 29.5 Å². The predicted octanol–water partition coefficient (Wildman–Crippen LogP) is 2.17. The zero-order valence-electron chi connectivity index (χ0n) is 14.6. The van der Waals surface area contributed by atoms with Crippen molar-refractivity contribution in [3.63, 3.8) is 0 Å². The van der Waals surface area contributed by atoms with E-state index in [1.165, 1.54) is 6.42 Å². The SMILES string of the molecule is CCCCOCCNC(=NCCCOC1CCOC1)NCC.I. The first-order valence-electron chi connectivity index (χ1n) is 8.66. The topological polar surface area (TPSA) is 64.1 Å². The van der Waals surface area contributed by atoms with E-state index in [9.17, 15) is 0 Å². The number of ether oxygens (including phenoxy) is 3. The molecule has 138 valence electrons. The quantitative estimate of drug-likeness (QED) is 0.210. The van der Waals surface area contributed by atoms with Crippen LogP contribution in [0.1, 0.15) is 39.5 Å². The Morgan fingerprint density at radius 2 is 2.04 bits per heavy atom. The minimum absolute atomic E-state index is 0. The van der Waals surface area contributed by atoms with Gasteiger partial charge >= 0.3 is 0 Å². The molecule has 0 radical (unpaired) electrons. The van der Waals surface area contributed by atoms with Crippen LogP contribution in [0.4, 0.5) is 0 Å². The van der Waals surface area contributed by atoms with Crippen LogP contribution in [0, 0.1) is 0 Å². The van der Waals surface area contributed by atoms with Gasteiger partial charge in [-0.1, -0.05) is 13.3 Å². The third-order valence-electron chi connectivity index (χ3n) is 3.34. The fourth-order valence-corrected chi connectivity index (χ4v) is 2.08. The van der Waals surface area contributed by atoms with Crippen LogP contribution < -0.4 is 10.6 Å². The maximum Gasteiger partial charge on any atom is 0.191 e. The van der Waals surface area contributed by atoms with Crippen LogP contribution >= 0.6 is 24.0 Å². The van der Waals surface area contributed by atoms with E-state index >= 15 is 0 Å². The smallest absolute Gasteiger partial charge is 0.191 e. The molecule has 1 atom stereocenters. The Balaban J connectivity index is 0.00000484. The van der Waals surface area contributed by atoms with Gasteiger partial charge in [0, 0.05) is 39.5 Å². The molecule has 1 heterocycles. The molecule has 0 aliphatic carbocycles. The molecule has 1 aliphatic rings. The molecule has 0 aromatic heterocycles. The summed E-state index contributed by atoms with van der Waals surface area (Å²) >= 11 is 0. The van der Waals surface area contributed by atoms with Gasteiger partial charge in [0.2, 0.25) is 0 Å². The van der Waals surface area contributed by atoms with Crippen LogP contribution in [0.25, 0.3) is 0 Å². The molecule has 6 nitrogen and oxygen atoms in total. The molecule has 1 aliphatic heterocycles. The highest BCUT2D eigenvalue weighted by Crippen LogP contribution is 2.07. The third kappa shape index (κ3) is 12.9. The molecular weight excluding hydrogens is 409 g/mol. The number of nitrogens with one attached hydrogen (secondary N) is 2. The van der Waals surface area contributed by atoms with Crippen molar-refractivity contribution >= 4 is 29.9 Å². The standard InChI is InChI=1S/C16H33N3O3.HI/c1-3-5-10-20-13-9-19-16(17-4-2)18-8-6-11-22-15-7-12-21-14-15;/h15H,3-14H2,1-2H3,(H2,17,18,19);1H. The lowest BCUT2D eigenvalue weighted by Gasteiger charge is -2.12. The first-order valence-corrected chi connectivity index (χ1v) is 8.66. The van der Waals surface area contributed by atoms with Crippen molar-refractivity contribution in [3.8, 4) is 0 Å². The van der Waals surface area contributed by atoms with E-state index in [0.29, 0.717) is 0 Å². The molecule has 1 rings (SSSR count). The minimum Gasteiger partial charge on any atom is -0.380 e. The van der Waals surface area contributed by atoms with Crippen molar-refractivity contribution in [3.05, 3.63) is 0 Å². The second kappa shape index (κ2) is 16.7. The monoisotopic (exact) mass is 443 g/mol. The molecule has 1 saturated heterocycles. The highest BCUT2D eigenvalue weighted by Gasteiger charge is 2.15. The maximum atomic E-state index is 5.73. The van der Waals surface area contributed by atoms with Gasteiger partial charge in [-0.3, -0.25) is 4.99 Å². The zero-order valence-corrected chi connectivity index (χ0v) is 17.0. The van der Waals surface area contributed by atoms with Gasteiger partial charge < -0.3 is 24.8 Å². The second-order valence-corrected chi connectivity index (χ2v) is 5.36. The zero-order chi connectivity index (χ0) is 15.9. The number of hydrogen-bond acceptors (Lipinski definition) is 4. The number of aliphatic imine (C=N–C) groups is 1. The van der Waals surface area contributed by atoms with E-state index in [0.717, 1.165) is 77.9 Å². The Bertz CT molecular complexity index is 288. The molecular formula is C16H34IN3O3. The van der Waals surface area contributed by atoms with E-state index < -0.39 is 0 Å². The Labute approximate surface area is 158 Å². The fraction of sp³-hybridized carbons (Fsp3) is 0.938. The van der Waals surface area contributed by atoms with Gasteiger partial charge in [-0.15, -0.1) is 24.0 Å². The van der Waals surface area contributed by atoms with Crippen LogP contribution in [-0.2, 0) is 14.2 Å². The highest BCUT2D eigenvalue weighted by atomic mass is 127. The van der Waals surface area contributed by atoms with Crippen LogP contribution in [0.2, 0.25) is 0 Å². The Morgan fingerprint density at radius 3 is 2.74 bits per heavy atom. The normalized spacial score (nSPS) is 17.8. The van der Waals surface area contributed by atoms with E-state index in [1.54, 1.807) is 0 Å². The molecule has 0 amide bonds. The molecule has 0 aromatic rings. The highest BCUT2D eigenvalue weighted by molar-refractivity contribution is 14.0. The number of nitrogens with zero attached hydrogens (tertiary/aromatic N) is 1. The molecule has 0 spiro atoms. The van der Waals surface area contributed by atoms with Gasteiger partial charge in [0.05, 0.1) is 19.3 Å². The van der Waals surface area contributed by atoms with Crippen molar-refractivity contribution in [2.45, 2.75) is 45.6 Å². The van der Waals surface area contributed by atoms with Crippen molar-refractivity contribution in [1.29, 1.82) is 0 Å². The summed E-state index contributed by atoms with van der Waals surface area (Å²) < 4.78 is 16.5. The molecule has 23 heavy (non-hydrogen) atoms. The average molecular weight is 443 g/mol. The summed E-state index contributed by atoms with van der Waals surface area (Å²) in [6.07, 6.45) is 4.54. The first-order chi connectivity index (χ1) is 10.9. The fourth-order valence-electron chi connectivity index (χ4n) is 2.08. The summed E-state index contributed by atoms with van der Waals surface area (Å²) in [5, 5.41) is 6.52. The molecule has 0 bridgehead atoms. The molecule has 0 saturated carbocycles. The lowest BCUT2D eigenvalue weighted by molar-refractivity contribution is 0.0424. The van der Waals surface area contributed by atoms with Gasteiger partial charge in [0.15, 0.2) is 5.96 Å². The summed E-state index contributed by atoms with van der Waals surface area (Å²) in [5.41, 5.74) is 0. The summed E-state index contributed by atoms with van der Waals surface area (Å²) in [4.78, 5) is 4.54. The van der Waals surface area contributed by atoms with Crippen molar-refractivity contribution in [2.75, 3.05) is 52.7 Å². The Kier molecular flexibility index (Phi) is 16.6. The summed E-state index contributed by atoms with van der Waals surface area (Å²) in [6, 6.07) is 0. The largest absolute Gasteiger partial charge is 0.380 e. The molecule has 2 N–H and O–H groups in total. The van der Waals surface area contributed by atoms with Gasteiger partial charge in [0.1, 0.15) is 0 Å². The second-order valence-electron chi connectivity index (χ2n) is 5.36. The van der Waals surface area contributed by atoms with Gasteiger partial charge in [-0.2, -0.15) is 0 Å². The van der Waals surface area contributed by atoms with E-state index in [1.807, 2.05) is 0 Å². The van der Waals surface area contributed by atoms with Crippen LogP contribution in [0.5, 0.6) is 0 Å². The summed E-state index contributed by atoms with van der Waals surface area (Å²) in [5.74, 6) is 0.853. The predicted molar refractivity (Wildman–Crippen MR) is 105 cm³/mol. The molecule has 7 heteroatoms. The number of halogens is 1. The number of unbranched alkanes of at least 4 members (excludes halogenated alkanes) is 1. The van der Waals surface area contributed by atoms with Gasteiger partial charge in [0.25, 0.3) is 0 Å². The number of rotatable bonds is 12. The molecule has 1 unspecified atom stereocenters. The third-order valence-corrected chi connectivity index (χ3v) is 3.34. The van der Waals surface area contributed by atoms with Crippen molar-refractivity contribution < 1.29 is 14.2 Å². The van der Waals surface area contributed by atoms with Gasteiger partial charge in [-0.25, -0.2) is 0 Å². The van der Waals surface area contributed by atoms with Crippen LogP contribution in [-0.4, -0.2) is 64.7 Å². The summed E-state index contributed by atoms with van der Waals surface area (Å²) in [6.45, 7) is 10.5. The van der Waals surface area contributed by atoms with E-state index in [-0.39, 0.29) is 30.1 Å². The van der Waals surface area contributed by atoms with Gasteiger partial charge in [-0.05, 0) is 26.2 Å². The first kappa shape index (κ1) is 22.9.